The van der Waals surface area contributed by atoms with Crippen molar-refractivity contribution >= 4 is 11.8 Å². The molecule has 1 aliphatic rings. The van der Waals surface area contributed by atoms with Crippen molar-refractivity contribution in [2.45, 2.75) is 49.2 Å². The minimum atomic E-state index is -0.200. The summed E-state index contributed by atoms with van der Waals surface area (Å²) in [6.07, 6.45) is 5.80. The molecule has 3 unspecified atom stereocenters. The Hall–Kier alpha value is -1.01. The maximum Gasteiger partial charge on any atom is 0.123 e. The van der Waals surface area contributed by atoms with Gasteiger partial charge in [0.25, 0.3) is 0 Å². The maximum atomic E-state index is 12.9. The number of thioether (sulfide) groups is 1. The first-order valence-corrected chi connectivity index (χ1v) is 7.92. The molecule has 3 atom stereocenters. The lowest BCUT2D eigenvalue weighted by Gasteiger charge is -2.32. The second-order valence-electron chi connectivity index (χ2n) is 5.31. The molecule has 0 N–H and O–H groups in total. The Morgan fingerprint density at radius 1 is 1.32 bits per heavy atom. The molecular formula is C16H20FNS. The van der Waals surface area contributed by atoms with Gasteiger partial charge in [-0.15, -0.1) is 11.8 Å². The molecule has 2 rings (SSSR count). The Labute approximate surface area is 119 Å². The van der Waals surface area contributed by atoms with Gasteiger partial charge in [-0.2, -0.15) is 5.26 Å². The molecule has 1 aromatic carbocycles. The average Bonchev–Trinajstić information content (AvgIpc) is 2.42. The van der Waals surface area contributed by atoms with Crippen LogP contribution in [0.3, 0.4) is 0 Å². The fraction of sp³-hybridized carbons (Fsp3) is 0.562. The molecule has 1 fully saturated rings. The summed E-state index contributed by atoms with van der Waals surface area (Å²) in [5.41, 5.74) is 0. The van der Waals surface area contributed by atoms with Gasteiger partial charge in [-0.05, 0) is 49.4 Å². The summed E-state index contributed by atoms with van der Waals surface area (Å²) in [5, 5.41) is 9.64. The van der Waals surface area contributed by atoms with Gasteiger partial charge < -0.3 is 0 Å². The second kappa shape index (κ2) is 6.96. The van der Waals surface area contributed by atoms with Crippen LogP contribution in [0.5, 0.6) is 0 Å². The lowest BCUT2D eigenvalue weighted by atomic mass is 9.80. The van der Waals surface area contributed by atoms with E-state index in [2.05, 4.69) is 13.0 Å². The van der Waals surface area contributed by atoms with E-state index in [1.54, 1.807) is 11.8 Å². The van der Waals surface area contributed by atoms with E-state index in [1.807, 2.05) is 12.1 Å². The van der Waals surface area contributed by atoms with E-state index in [4.69, 9.17) is 0 Å². The lowest BCUT2D eigenvalue weighted by Crippen LogP contribution is -2.26. The van der Waals surface area contributed by atoms with Crippen LogP contribution < -0.4 is 0 Å². The molecule has 0 saturated heterocycles. The molecule has 0 amide bonds. The van der Waals surface area contributed by atoms with E-state index in [1.165, 1.54) is 31.4 Å². The summed E-state index contributed by atoms with van der Waals surface area (Å²) in [5.74, 6) is 0.699. The number of benzene rings is 1. The van der Waals surface area contributed by atoms with E-state index in [9.17, 15) is 9.65 Å². The molecule has 3 heteroatoms. The van der Waals surface area contributed by atoms with Crippen LogP contribution in [0.15, 0.2) is 29.2 Å². The normalized spacial score (nSPS) is 26.9. The zero-order valence-corrected chi connectivity index (χ0v) is 12.1. The van der Waals surface area contributed by atoms with Gasteiger partial charge in [0.2, 0.25) is 0 Å². The smallest absolute Gasteiger partial charge is 0.123 e. The summed E-state index contributed by atoms with van der Waals surface area (Å²) in [6.45, 7) is 2.22. The topological polar surface area (TPSA) is 23.8 Å². The van der Waals surface area contributed by atoms with E-state index in [0.717, 1.165) is 23.7 Å². The Kier molecular flexibility index (Phi) is 5.27. The molecular weight excluding hydrogens is 257 g/mol. The Balaban J connectivity index is 2.02. The molecule has 0 radical (unpaired) electrons. The van der Waals surface area contributed by atoms with E-state index >= 15 is 0 Å². The fourth-order valence-corrected chi connectivity index (χ4v) is 4.22. The fourth-order valence-electron chi connectivity index (χ4n) is 2.85. The van der Waals surface area contributed by atoms with Crippen molar-refractivity contribution in [2.75, 3.05) is 0 Å². The molecule has 0 aliphatic heterocycles. The first-order chi connectivity index (χ1) is 9.22. The summed E-state index contributed by atoms with van der Waals surface area (Å²) >= 11 is 1.75. The molecule has 1 nitrogen and oxygen atoms in total. The molecule has 0 spiro atoms. The SMILES string of the molecule is CCCC1CCC(C#N)C(Sc2ccc(F)cc2)C1. The van der Waals surface area contributed by atoms with Crippen LogP contribution in [0.2, 0.25) is 0 Å². The molecule has 102 valence electrons. The monoisotopic (exact) mass is 277 g/mol. The molecule has 0 heterocycles. The first kappa shape index (κ1) is 14.4. The highest BCUT2D eigenvalue weighted by Crippen LogP contribution is 2.41. The number of hydrogen-bond acceptors (Lipinski definition) is 2. The summed E-state index contributed by atoms with van der Waals surface area (Å²) in [7, 11) is 0. The third-order valence-electron chi connectivity index (χ3n) is 3.86. The van der Waals surface area contributed by atoms with Gasteiger partial charge in [0.05, 0.1) is 12.0 Å². The Bertz CT molecular complexity index is 437. The van der Waals surface area contributed by atoms with Gasteiger partial charge in [-0.3, -0.25) is 0 Å². The van der Waals surface area contributed by atoms with Crippen LogP contribution in [-0.4, -0.2) is 5.25 Å². The average molecular weight is 277 g/mol. The van der Waals surface area contributed by atoms with E-state index < -0.39 is 0 Å². The number of nitriles is 1. The molecule has 1 saturated carbocycles. The van der Waals surface area contributed by atoms with Crippen molar-refractivity contribution < 1.29 is 4.39 Å². The van der Waals surface area contributed by atoms with Gasteiger partial charge in [-0.1, -0.05) is 19.8 Å². The van der Waals surface area contributed by atoms with Crippen molar-refractivity contribution in [3.05, 3.63) is 30.1 Å². The van der Waals surface area contributed by atoms with Crippen LogP contribution in [0.1, 0.15) is 39.0 Å². The number of hydrogen-bond donors (Lipinski definition) is 0. The third-order valence-corrected chi connectivity index (χ3v) is 5.23. The summed E-state index contributed by atoms with van der Waals surface area (Å²) in [6, 6.07) is 9.08. The van der Waals surface area contributed by atoms with Crippen LogP contribution in [0.25, 0.3) is 0 Å². The minimum Gasteiger partial charge on any atom is -0.207 e. The highest BCUT2D eigenvalue weighted by molar-refractivity contribution is 8.00. The largest absolute Gasteiger partial charge is 0.207 e. The first-order valence-electron chi connectivity index (χ1n) is 7.04. The number of nitrogens with zero attached hydrogens (tertiary/aromatic N) is 1. The standard InChI is InChI=1S/C16H20FNS/c1-2-3-12-4-5-13(11-18)16(10-12)19-15-8-6-14(17)7-9-15/h6-9,12-13,16H,2-5,10H2,1H3. The van der Waals surface area contributed by atoms with Crippen molar-refractivity contribution in [3.63, 3.8) is 0 Å². The lowest BCUT2D eigenvalue weighted by molar-refractivity contribution is 0.307. The Morgan fingerprint density at radius 3 is 2.68 bits per heavy atom. The summed E-state index contributed by atoms with van der Waals surface area (Å²) < 4.78 is 12.9. The van der Waals surface area contributed by atoms with Gasteiger partial charge in [0, 0.05) is 10.1 Å². The van der Waals surface area contributed by atoms with Gasteiger partial charge in [0.1, 0.15) is 5.82 Å². The highest BCUT2D eigenvalue weighted by Gasteiger charge is 2.30. The zero-order valence-electron chi connectivity index (χ0n) is 11.3. The van der Waals surface area contributed by atoms with Crippen LogP contribution in [0.4, 0.5) is 4.39 Å². The number of halogens is 1. The predicted molar refractivity (Wildman–Crippen MR) is 77.4 cm³/mol. The van der Waals surface area contributed by atoms with Crippen molar-refractivity contribution in [3.8, 4) is 6.07 Å². The molecule has 0 aromatic heterocycles. The van der Waals surface area contributed by atoms with Crippen molar-refractivity contribution in [1.29, 1.82) is 5.26 Å². The second-order valence-corrected chi connectivity index (χ2v) is 6.63. The minimum absolute atomic E-state index is 0.142. The van der Waals surface area contributed by atoms with E-state index in [0.29, 0.717) is 5.25 Å². The molecule has 19 heavy (non-hydrogen) atoms. The van der Waals surface area contributed by atoms with Gasteiger partial charge in [0.15, 0.2) is 0 Å². The molecule has 1 aromatic rings. The van der Waals surface area contributed by atoms with Crippen LogP contribution in [0, 0.1) is 29.0 Å². The van der Waals surface area contributed by atoms with Crippen LogP contribution in [-0.2, 0) is 0 Å². The van der Waals surface area contributed by atoms with Gasteiger partial charge in [-0.25, -0.2) is 4.39 Å². The quantitative estimate of drug-likeness (QED) is 0.771. The number of rotatable bonds is 4. The van der Waals surface area contributed by atoms with Gasteiger partial charge >= 0.3 is 0 Å². The highest BCUT2D eigenvalue weighted by atomic mass is 32.2. The maximum absolute atomic E-state index is 12.9. The van der Waals surface area contributed by atoms with Crippen molar-refractivity contribution in [1.82, 2.24) is 0 Å². The summed E-state index contributed by atoms with van der Waals surface area (Å²) in [4.78, 5) is 1.07. The van der Waals surface area contributed by atoms with E-state index in [-0.39, 0.29) is 11.7 Å². The predicted octanol–water partition coefficient (Wildman–Crippen LogP) is 5.03. The molecule has 1 aliphatic carbocycles. The third kappa shape index (κ3) is 3.98. The van der Waals surface area contributed by atoms with Crippen molar-refractivity contribution in [2.24, 2.45) is 11.8 Å². The Morgan fingerprint density at radius 2 is 2.05 bits per heavy atom. The van der Waals surface area contributed by atoms with Crippen LogP contribution >= 0.6 is 11.8 Å². The zero-order chi connectivity index (χ0) is 13.7. The molecule has 0 bridgehead atoms.